The SMILES string of the molecule is OC(O)C(S)CCCS. The zero-order chi connectivity index (χ0) is 7.28. The summed E-state index contributed by atoms with van der Waals surface area (Å²) in [4.78, 5) is 0. The second-order valence-corrected chi connectivity index (χ2v) is 2.96. The van der Waals surface area contributed by atoms with Crippen molar-refractivity contribution in [3.05, 3.63) is 0 Å². The summed E-state index contributed by atoms with van der Waals surface area (Å²) < 4.78 is 0. The Hall–Kier alpha value is 0.620. The van der Waals surface area contributed by atoms with Gasteiger partial charge in [-0.1, -0.05) is 0 Å². The third-order valence-electron chi connectivity index (χ3n) is 1.00. The van der Waals surface area contributed by atoms with Crippen molar-refractivity contribution in [3.63, 3.8) is 0 Å². The molecule has 0 aromatic heterocycles. The highest BCUT2D eigenvalue weighted by molar-refractivity contribution is 7.81. The van der Waals surface area contributed by atoms with Crippen molar-refractivity contribution in [1.82, 2.24) is 0 Å². The second kappa shape index (κ2) is 5.41. The fourth-order valence-corrected chi connectivity index (χ4v) is 0.815. The molecule has 0 rings (SSSR count). The maximum Gasteiger partial charge on any atom is 0.163 e. The van der Waals surface area contributed by atoms with Crippen molar-refractivity contribution in [2.45, 2.75) is 24.4 Å². The van der Waals surface area contributed by atoms with E-state index >= 15 is 0 Å². The van der Waals surface area contributed by atoms with Gasteiger partial charge in [0.05, 0.1) is 5.25 Å². The Labute approximate surface area is 66.1 Å². The lowest BCUT2D eigenvalue weighted by atomic mass is 10.2. The zero-order valence-electron chi connectivity index (χ0n) is 5.06. The Morgan fingerprint density at radius 3 is 2.22 bits per heavy atom. The van der Waals surface area contributed by atoms with Crippen LogP contribution in [0.15, 0.2) is 0 Å². The topological polar surface area (TPSA) is 40.5 Å². The lowest BCUT2D eigenvalue weighted by Crippen LogP contribution is -2.19. The molecule has 0 fully saturated rings. The molecule has 1 atom stereocenters. The van der Waals surface area contributed by atoms with Crippen molar-refractivity contribution in [1.29, 1.82) is 0 Å². The molecule has 2 N–H and O–H groups in total. The highest BCUT2D eigenvalue weighted by Gasteiger charge is 2.09. The average Bonchev–Trinajstić information content (AvgIpc) is 1.82. The second-order valence-electron chi connectivity index (χ2n) is 1.85. The van der Waals surface area contributed by atoms with E-state index in [1.165, 1.54) is 0 Å². The van der Waals surface area contributed by atoms with Crippen LogP contribution in [0.2, 0.25) is 0 Å². The summed E-state index contributed by atoms with van der Waals surface area (Å²) in [6, 6.07) is 0. The van der Waals surface area contributed by atoms with E-state index in [1.54, 1.807) is 0 Å². The van der Waals surface area contributed by atoms with Crippen LogP contribution in [0, 0.1) is 0 Å². The Morgan fingerprint density at radius 2 is 1.89 bits per heavy atom. The smallest absolute Gasteiger partial charge is 0.163 e. The predicted octanol–water partition coefficient (Wildman–Crippen LogP) is 0.305. The first-order chi connectivity index (χ1) is 4.18. The van der Waals surface area contributed by atoms with Crippen molar-refractivity contribution >= 4 is 25.3 Å². The van der Waals surface area contributed by atoms with Gasteiger partial charge >= 0.3 is 0 Å². The molecule has 9 heavy (non-hydrogen) atoms. The maximum absolute atomic E-state index is 8.50. The van der Waals surface area contributed by atoms with E-state index in [2.05, 4.69) is 25.3 Å². The summed E-state index contributed by atoms with van der Waals surface area (Å²) in [5.41, 5.74) is 0. The summed E-state index contributed by atoms with van der Waals surface area (Å²) in [6.45, 7) is 0. The van der Waals surface area contributed by atoms with Crippen molar-refractivity contribution in [2.24, 2.45) is 0 Å². The van der Waals surface area contributed by atoms with Crippen molar-refractivity contribution in [2.75, 3.05) is 5.75 Å². The molecule has 0 aromatic rings. The van der Waals surface area contributed by atoms with Crippen LogP contribution < -0.4 is 0 Å². The minimum atomic E-state index is -1.30. The predicted molar refractivity (Wildman–Crippen MR) is 44.1 cm³/mol. The van der Waals surface area contributed by atoms with E-state index in [0.717, 1.165) is 12.2 Å². The Kier molecular flexibility index (Phi) is 5.78. The largest absolute Gasteiger partial charge is 0.367 e. The fraction of sp³-hybridized carbons (Fsp3) is 1.00. The lowest BCUT2D eigenvalue weighted by Gasteiger charge is -2.10. The number of hydrogen-bond donors (Lipinski definition) is 4. The van der Waals surface area contributed by atoms with Gasteiger partial charge in [-0.3, -0.25) is 0 Å². The molecule has 1 unspecified atom stereocenters. The molecule has 0 amide bonds. The first kappa shape index (κ1) is 9.62. The molecule has 0 heterocycles. The highest BCUT2D eigenvalue weighted by atomic mass is 32.1. The summed E-state index contributed by atoms with van der Waals surface area (Å²) in [5.74, 6) is 0.768. The molecule has 0 aliphatic rings. The van der Waals surface area contributed by atoms with Gasteiger partial charge in [-0.15, -0.1) is 0 Å². The number of thiol groups is 2. The van der Waals surface area contributed by atoms with Gasteiger partial charge in [-0.05, 0) is 18.6 Å². The van der Waals surface area contributed by atoms with Gasteiger partial charge in [-0.2, -0.15) is 25.3 Å². The number of hydrogen-bond acceptors (Lipinski definition) is 4. The van der Waals surface area contributed by atoms with Crippen LogP contribution >= 0.6 is 25.3 Å². The Balaban J connectivity index is 3.16. The van der Waals surface area contributed by atoms with Crippen LogP contribution in [0.5, 0.6) is 0 Å². The van der Waals surface area contributed by atoms with Crippen LogP contribution in [-0.2, 0) is 0 Å². The fourth-order valence-electron chi connectivity index (χ4n) is 0.449. The van der Waals surface area contributed by atoms with E-state index in [0.29, 0.717) is 6.42 Å². The minimum absolute atomic E-state index is 0.322. The van der Waals surface area contributed by atoms with Crippen molar-refractivity contribution in [3.8, 4) is 0 Å². The zero-order valence-corrected chi connectivity index (χ0v) is 6.85. The van der Waals surface area contributed by atoms with E-state index in [-0.39, 0.29) is 5.25 Å². The van der Waals surface area contributed by atoms with E-state index < -0.39 is 6.29 Å². The first-order valence-electron chi connectivity index (χ1n) is 2.83. The molecule has 56 valence electrons. The summed E-state index contributed by atoms with van der Waals surface area (Å²) >= 11 is 7.89. The normalized spacial score (nSPS) is 14.3. The first-order valence-corrected chi connectivity index (χ1v) is 3.98. The van der Waals surface area contributed by atoms with Crippen LogP contribution in [0.4, 0.5) is 0 Å². The van der Waals surface area contributed by atoms with Gasteiger partial charge in [-0.25, -0.2) is 0 Å². The van der Waals surface area contributed by atoms with E-state index in [1.807, 2.05) is 0 Å². The lowest BCUT2D eigenvalue weighted by molar-refractivity contribution is -0.0408. The van der Waals surface area contributed by atoms with Crippen LogP contribution in [-0.4, -0.2) is 27.5 Å². The third kappa shape index (κ3) is 5.08. The quantitative estimate of drug-likeness (QED) is 0.360. The van der Waals surface area contributed by atoms with Gasteiger partial charge in [0.25, 0.3) is 0 Å². The molecule has 0 spiro atoms. The van der Waals surface area contributed by atoms with Gasteiger partial charge in [0.2, 0.25) is 0 Å². The molecular formula is C5H12O2S2. The maximum atomic E-state index is 8.50. The summed E-state index contributed by atoms with van der Waals surface area (Å²) in [6.07, 6.45) is 0.271. The molecule has 2 nitrogen and oxygen atoms in total. The average molecular weight is 168 g/mol. The summed E-state index contributed by atoms with van der Waals surface area (Å²) in [7, 11) is 0. The van der Waals surface area contributed by atoms with E-state index in [9.17, 15) is 0 Å². The van der Waals surface area contributed by atoms with Gasteiger partial charge in [0.1, 0.15) is 0 Å². The molecule has 0 saturated carbocycles. The molecule has 4 heteroatoms. The van der Waals surface area contributed by atoms with Crippen molar-refractivity contribution < 1.29 is 10.2 Å². The molecule has 0 aromatic carbocycles. The van der Waals surface area contributed by atoms with Gasteiger partial charge < -0.3 is 10.2 Å². The molecule has 0 saturated heterocycles. The molecule has 0 aliphatic heterocycles. The van der Waals surface area contributed by atoms with E-state index in [4.69, 9.17) is 10.2 Å². The van der Waals surface area contributed by atoms with Crippen LogP contribution in [0.3, 0.4) is 0 Å². The standard InChI is InChI=1S/C5H12O2S2/c6-5(7)4(9)2-1-3-8/h4-9H,1-3H2. The molecule has 0 aliphatic carbocycles. The molecular weight excluding hydrogens is 156 g/mol. The minimum Gasteiger partial charge on any atom is -0.367 e. The number of rotatable bonds is 4. The monoisotopic (exact) mass is 168 g/mol. The number of aliphatic hydroxyl groups excluding tert-OH is 1. The Morgan fingerprint density at radius 1 is 1.33 bits per heavy atom. The summed E-state index contributed by atoms with van der Waals surface area (Å²) in [5, 5.41) is 16.7. The van der Waals surface area contributed by atoms with Gasteiger partial charge in [0.15, 0.2) is 6.29 Å². The highest BCUT2D eigenvalue weighted by Crippen LogP contribution is 2.07. The van der Waals surface area contributed by atoms with Crippen LogP contribution in [0.25, 0.3) is 0 Å². The number of aliphatic hydroxyl groups is 2. The molecule has 0 bridgehead atoms. The van der Waals surface area contributed by atoms with Gasteiger partial charge in [0, 0.05) is 0 Å². The van der Waals surface area contributed by atoms with Crippen LogP contribution in [0.1, 0.15) is 12.8 Å². The molecule has 0 radical (unpaired) electrons. The Bertz CT molecular complexity index is 68.0. The third-order valence-corrected chi connectivity index (χ3v) is 1.84.